The summed E-state index contributed by atoms with van der Waals surface area (Å²) in [5, 5.41) is 9.65. The van der Waals surface area contributed by atoms with Gasteiger partial charge < -0.3 is 14.2 Å². The zero-order valence-electron chi connectivity index (χ0n) is 14.9. The first kappa shape index (κ1) is 17.5. The number of ether oxygens (including phenoxy) is 1. The highest BCUT2D eigenvalue weighted by Crippen LogP contribution is 2.28. The van der Waals surface area contributed by atoms with E-state index in [1.807, 2.05) is 30.3 Å². The van der Waals surface area contributed by atoms with Gasteiger partial charge in [-0.3, -0.25) is 4.79 Å². The third-order valence-electron chi connectivity index (χ3n) is 4.49. The molecule has 2 heterocycles. The van der Waals surface area contributed by atoms with Gasteiger partial charge in [-0.25, -0.2) is 4.79 Å². The molecule has 0 spiro atoms. The quantitative estimate of drug-likeness (QED) is 0.509. The number of aromatic carboxylic acids is 1. The highest BCUT2D eigenvalue weighted by Gasteiger charge is 2.24. The van der Waals surface area contributed by atoms with Gasteiger partial charge >= 0.3 is 5.97 Å². The minimum atomic E-state index is -1.16. The van der Waals surface area contributed by atoms with E-state index in [-0.39, 0.29) is 17.0 Å². The molecule has 2 aromatic heterocycles. The molecule has 0 saturated heterocycles. The van der Waals surface area contributed by atoms with Gasteiger partial charge in [0.1, 0.15) is 18.1 Å². The second kappa shape index (κ2) is 7.40. The van der Waals surface area contributed by atoms with Crippen molar-refractivity contribution in [2.75, 3.05) is 0 Å². The molecule has 28 heavy (non-hydrogen) atoms. The number of aromatic nitrogens is 1. The zero-order chi connectivity index (χ0) is 19.5. The van der Waals surface area contributed by atoms with Crippen LogP contribution in [0.3, 0.4) is 0 Å². The Morgan fingerprint density at radius 2 is 1.57 bits per heavy atom. The lowest BCUT2D eigenvalue weighted by molar-refractivity contribution is 0.0692. The fourth-order valence-corrected chi connectivity index (χ4v) is 3.15. The maximum absolute atomic E-state index is 13.0. The minimum Gasteiger partial charge on any atom is -0.487 e. The maximum Gasteiger partial charge on any atom is 0.338 e. The highest BCUT2D eigenvalue weighted by atomic mass is 16.5. The fourth-order valence-electron chi connectivity index (χ4n) is 3.15. The van der Waals surface area contributed by atoms with E-state index in [0.717, 1.165) is 5.56 Å². The van der Waals surface area contributed by atoms with Crippen molar-refractivity contribution in [3.8, 4) is 5.75 Å². The topological polar surface area (TPSA) is 68.0 Å². The monoisotopic (exact) mass is 371 g/mol. The number of carboxylic acids is 1. The van der Waals surface area contributed by atoms with E-state index in [1.165, 1.54) is 6.07 Å². The van der Waals surface area contributed by atoms with Crippen LogP contribution in [0.1, 0.15) is 32.0 Å². The average Bonchev–Trinajstić information content (AvgIpc) is 3.13. The molecule has 0 aliphatic heterocycles. The van der Waals surface area contributed by atoms with Gasteiger partial charge in [-0.15, -0.1) is 0 Å². The molecular weight excluding hydrogens is 354 g/mol. The smallest absolute Gasteiger partial charge is 0.338 e. The van der Waals surface area contributed by atoms with Gasteiger partial charge in [0.2, 0.25) is 5.78 Å². The molecule has 0 aliphatic carbocycles. The molecule has 138 valence electrons. The number of pyridine rings is 1. The standard InChI is InChI=1S/C23H17NO4/c25-22(17-10-5-2-6-11-17)21-18(23(26)27)14-19-20(12-7-13-24(19)21)28-15-16-8-3-1-4-9-16/h1-14H,15H2,(H,26,27). The van der Waals surface area contributed by atoms with Crippen molar-refractivity contribution in [2.24, 2.45) is 0 Å². The van der Waals surface area contributed by atoms with Crippen molar-refractivity contribution in [1.29, 1.82) is 0 Å². The van der Waals surface area contributed by atoms with Crippen LogP contribution < -0.4 is 4.74 Å². The van der Waals surface area contributed by atoms with Gasteiger partial charge in [-0.2, -0.15) is 0 Å². The largest absolute Gasteiger partial charge is 0.487 e. The van der Waals surface area contributed by atoms with E-state index in [2.05, 4.69) is 0 Å². The van der Waals surface area contributed by atoms with Crippen LogP contribution in [0.2, 0.25) is 0 Å². The van der Waals surface area contributed by atoms with Gasteiger partial charge in [0.15, 0.2) is 0 Å². The number of carbonyl (C=O) groups excluding carboxylic acids is 1. The summed E-state index contributed by atoms with van der Waals surface area (Å²) in [6.07, 6.45) is 1.67. The number of ketones is 1. The summed E-state index contributed by atoms with van der Waals surface area (Å²) < 4.78 is 7.50. The number of hydrogen-bond acceptors (Lipinski definition) is 3. The third kappa shape index (κ3) is 3.25. The summed E-state index contributed by atoms with van der Waals surface area (Å²) in [7, 11) is 0. The molecule has 0 unspecified atom stereocenters. The van der Waals surface area contributed by atoms with Crippen LogP contribution in [0.4, 0.5) is 0 Å². The molecule has 0 radical (unpaired) electrons. The lowest BCUT2D eigenvalue weighted by Gasteiger charge is -2.09. The van der Waals surface area contributed by atoms with Gasteiger partial charge in [-0.05, 0) is 23.8 Å². The number of fused-ring (bicyclic) bond motifs is 1. The lowest BCUT2D eigenvalue weighted by Crippen LogP contribution is -2.11. The Kier molecular flexibility index (Phi) is 4.64. The van der Waals surface area contributed by atoms with E-state index >= 15 is 0 Å². The summed E-state index contributed by atoms with van der Waals surface area (Å²) in [6.45, 7) is 0.343. The Labute approximate surface area is 161 Å². The number of benzene rings is 2. The van der Waals surface area contributed by atoms with E-state index in [9.17, 15) is 14.7 Å². The van der Waals surface area contributed by atoms with Crippen LogP contribution >= 0.6 is 0 Å². The molecule has 1 N–H and O–H groups in total. The number of carboxylic acid groups (broad SMARTS) is 1. The number of carbonyl (C=O) groups is 2. The van der Waals surface area contributed by atoms with Gasteiger partial charge in [0, 0.05) is 11.8 Å². The second-order valence-corrected chi connectivity index (χ2v) is 6.31. The van der Waals surface area contributed by atoms with Crippen LogP contribution in [0.5, 0.6) is 5.75 Å². The Morgan fingerprint density at radius 1 is 0.893 bits per heavy atom. The predicted octanol–water partition coefficient (Wildman–Crippen LogP) is 4.45. The van der Waals surface area contributed by atoms with Gasteiger partial charge in [0.05, 0.1) is 11.1 Å². The van der Waals surface area contributed by atoms with Crippen LogP contribution in [0, 0.1) is 0 Å². The summed E-state index contributed by atoms with van der Waals surface area (Å²) in [5.41, 5.74) is 2.02. The van der Waals surface area contributed by atoms with Crippen LogP contribution in [0.15, 0.2) is 85.1 Å². The molecule has 4 aromatic rings. The SMILES string of the molecule is O=C(O)c1cc2c(OCc3ccccc3)cccn2c1C(=O)c1ccccc1. The minimum absolute atomic E-state index is 0.0513. The molecule has 0 fully saturated rings. The molecule has 5 nitrogen and oxygen atoms in total. The first-order chi connectivity index (χ1) is 13.6. The zero-order valence-corrected chi connectivity index (χ0v) is 14.9. The molecule has 2 aromatic carbocycles. The Bertz CT molecular complexity index is 1150. The second-order valence-electron chi connectivity index (χ2n) is 6.31. The Morgan fingerprint density at radius 3 is 2.25 bits per heavy atom. The van der Waals surface area contributed by atoms with Crippen LogP contribution in [0.25, 0.3) is 5.52 Å². The molecule has 0 aliphatic rings. The van der Waals surface area contributed by atoms with Crippen molar-refractivity contribution in [3.63, 3.8) is 0 Å². The molecule has 0 bridgehead atoms. The lowest BCUT2D eigenvalue weighted by atomic mass is 10.1. The van der Waals surface area contributed by atoms with Gasteiger partial charge in [0.25, 0.3) is 0 Å². The summed E-state index contributed by atoms with van der Waals surface area (Å²) >= 11 is 0. The highest BCUT2D eigenvalue weighted by molar-refractivity contribution is 6.14. The van der Waals surface area contributed by atoms with E-state index in [1.54, 1.807) is 53.1 Å². The van der Waals surface area contributed by atoms with Crippen molar-refractivity contribution in [1.82, 2.24) is 4.40 Å². The molecule has 0 amide bonds. The fraction of sp³-hybridized carbons (Fsp3) is 0.0435. The first-order valence-electron chi connectivity index (χ1n) is 8.79. The maximum atomic E-state index is 13.0. The summed E-state index contributed by atoms with van der Waals surface area (Å²) in [6, 6.07) is 23.3. The molecule has 5 heteroatoms. The average molecular weight is 371 g/mol. The molecular formula is C23H17NO4. The number of nitrogens with zero attached hydrogens (tertiary/aromatic N) is 1. The third-order valence-corrected chi connectivity index (χ3v) is 4.49. The normalized spacial score (nSPS) is 10.7. The Hall–Kier alpha value is -3.86. The van der Waals surface area contributed by atoms with E-state index < -0.39 is 5.97 Å². The van der Waals surface area contributed by atoms with Crippen LogP contribution in [-0.4, -0.2) is 21.3 Å². The van der Waals surface area contributed by atoms with E-state index in [4.69, 9.17) is 4.74 Å². The van der Waals surface area contributed by atoms with Crippen LogP contribution in [-0.2, 0) is 6.61 Å². The number of hydrogen-bond donors (Lipinski definition) is 1. The number of rotatable bonds is 6. The van der Waals surface area contributed by atoms with Crippen molar-refractivity contribution in [3.05, 3.63) is 107 Å². The summed E-state index contributed by atoms with van der Waals surface area (Å²) in [4.78, 5) is 24.8. The van der Waals surface area contributed by atoms with Crippen molar-refractivity contribution in [2.45, 2.75) is 6.61 Å². The molecule has 0 atom stereocenters. The summed E-state index contributed by atoms with van der Waals surface area (Å²) in [5.74, 6) is -0.990. The van der Waals surface area contributed by atoms with E-state index in [0.29, 0.717) is 23.4 Å². The van der Waals surface area contributed by atoms with Gasteiger partial charge in [-0.1, -0.05) is 60.7 Å². The molecule has 4 rings (SSSR count). The first-order valence-corrected chi connectivity index (χ1v) is 8.79. The predicted molar refractivity (Wildman–Crippen MR) is 105 cm³/mol. The van der Waals surface area contributed by atoms with Crippen molar-refractivity contribution >= 4 is 17.3 Å². The van der Waals surface area contributed by atoms with Crippen molar-refractivity contribution < 1.29 is 19.4 Å². The molecule has 0 saturated carbocycles. The Balaban J connectivity index is 1.79.